The van der Waals surface area contributed by atoms with E-state index in [1.807, 2.05) is 0 Å². The van der Waals surface area contributed by atoms with Crippen molar-refractivity contribution in [2.75, 3.05) is 18.9 Å². The molecule has 0 spiro atoms. The Bertz CT molecular complexity index is 436. The van der Waals surface area contributed by atoms with Crippen LogP contribution in [0.2, 0.25) is 0 Å². The van der Waals surface area contributed by atoms with Crippen LogP contribution < -0.4 is 5.73 Å². The number of hydrogen-bond acceptors (Lipinski definition) is 5. The second-order valence-corrected chi connectivity index (χ2v) is 4.53. The molecule has 1 fully saturated rings. The first-order valence-electron chi connectivity index (χ1n) is 6.17. The SMILES string of the molecule is Cc1nn(C)c(C(=O)OCCC2CCCO2)c1N. The van der Waals surface area contributed by atoms with Crippen molar-refractivity contribution >= 4 is 11.7 Å². The summed E-state index contributed by atoms with van der Waals surface area (Å²) in [5, 5.41) is 4.08. The van der Waals surface area contributed by atoms with E-state index in [1.165, 1.54) is 4.68 Å². The maximum absolute atomic E-state index is 11.9. The van der Waals surface area contributed by atoms with E-state index in [0.717, 1.165) is 25.9 Å². The van der Waals surface area contributed by atoms with E-state index in [0.29, 0.717) is 23.7 Å². The molecular formula is C12H19N3O3. The molecule has 1 atom stereocenters. The predicted molar refractivity (Wildman–Crippen MR) is 66.2 cm³/mol. The van der Waals surface area contributed by atoms with E-state index in [2.05, 4.69) is 5.10 Å². The molecule has 6 heteroatoms. The Balaban J connectivity index is 1.87. The van der Waals surface area contributed by atoms with Gasteiger partial charge in [-0.2, -0.15) is 5.10 Å². The van der Waals surface area contributed by atoms with Crippen molar-refractivity contribution in [3.63, 3.8) is 0 Å². The fourth-order valence-electron chi connectivity index (χ4n) is 2.14. The number of carbonyl (C=O) groups is 1. The van der Waals surface area contributed by atoms with E-state index in [-0.39, 0.29) is 6.10 Å². The first kappa shape index (κ1) is 12.9. The zero-order valence-electron chi connectivity index (χ0n) is 10.8. The summed E-state index contributed by atoms with van der Waals surface area (Å²) in [5.41, 5.74) is 7.14. The van der Waals surface area contributed by atoms with Crippen LogP contribution in [0, 0.1) is 6.92 Å². The number of rotatable bonds is 4. The van der Waals surface area contributed by atoms with Crippen LogP contribution in [0.3, 0.4) is 0 Å². The smallest absolute Gasteiger partial charge is 0.358 e. The van der Waals surface area contributed by atoms with Crippen LogP contribution >= 0.6 is 0 Å². The van der Waals surface area contributed by atoms with E-state index in [4.69, 9.17) is 15.2 Å². The van der Waals surface area contributed by atoms with Gasteiger partial charge in [0.1, 0.15) is 0 Å². The van der Waals surface area contributed by atoms with Gasteiger partial charge in [-0.25, -0.2) is 4.79 Å². The minimum Gasteiger partial charge on any atom is -0.461 e. The Kier molecular flexibility index (Phi) is 3.86. The highest BCUT2D eigenvalue weighted by atomic mass is 16.5. The van der Waals surface area contributed by atoms with Crippen molar-refractivity contribution in [2.45, 2.75) is 32.3 Å². The fourth-order valence-corrected chi connectivity index (χ4v) is 2.14. The molecule has 1 unspecified atom stereocenters. The molecule has 1 aromatic rings. The lowest BCUT2D eigenvalue weighted by Crippen LogP contribution is -2.16. The molecule has 0 saturated carbocycles. The van der Waals surface area contributed by atoms with E-state index in [9.17, 15) is 4.79 Å². The van der Waals surface area contributed by atoms with E-state index >= 15 is 0 Å². The summed E-state index contributed by atoms with van der Waals surface area (Å²) >= 11 is 0. The van der Waals surface area contributed by atoms with Crippen LogP contribution in [0.15, 0.2) is 0 Å². The molecule has 6 nitrogen and oxygen atoms in total. The molecule has 0 aromatic carbocycles. The second-order valence-electron chi connectivity index (χ2n) is 4.53. The zero-order chi connectivity index (χ0) is 13.1. The largest absolute Gasteiger partial charge is 0.461 e. The van der Waals surface area contributed by atoms with Gasteiger partial charge in [0, 0.05) is 20.1 Å². The Morgan fingerprint density at radius 2 is 2.44 bits per heavy atom. The monoisotopic (exact) mass is 253 g/mol. The van der Waals surface area contributed by atoms with Crippen LogP contribution in [0.4, 0.5) is 5.69 Å². The number of esters is 1. The van der Waals surface area contributed by atoms with Gasteiger partial charge in [-0.15, -0.1) is 0 Å². The topological polar surface area (TPSA) is 79.4 Å². The highest BCUT2D eigenvalue weighted by molar-refractivity contribution is 5.93. The third-order valence-corrected chi connectivity index (χ3v) is 3.16. The summed E-state index contributed by atoms with van der Waals surface area (Å²) in [4.78, 5) is 11.9. The average Bonchev–Trinajstić information content (AvgIpc) is 2.89. The number of nitrogen functional groups attached to an aromatic ring is 1. The van der Waals surface area contributed by atoms with Gasteiger partial charge in [-0.05, 0) is 19.8 Å². The summed E-state index contributed by atoms with van der Waals surface area (Å²) in [6.45, 7) is 2.93. The van der Waals surface area contributed by atoms with Crippen molar-refractivity contribution in [1.82, 2.24) is 9.78 Å². The summed E-state index contributed by atoms with van der Waals surface area (Å²) in [6.07, 6.45) is 3.10. The number of nitrogens with zero attached hydrogens (tertiary/aromatic N) is 2. The quantitative estimate of drug-likeness (QED) is 0.811. The lowest BCUT2D eigenvalue weighted by Gasteiger charge is -2.10. The van der Waals surface area contributed by atoms with Gasteiger partial charge in [0.05, 0.1) is 24.1 Å². The van der Waals surface area contributed by atoms with Crippen LogP contribution in [0.5, 0.6) is 0 Å². The fraction of sp³-hybridized carbons (Fsp3) is 0.667. The molecule has 1 saturated heterocycles. The minimum absolute atomic E-state index is 0.225. The molecule has 2 rings (SSSR count). The molecule has 0 radical (unpaired) electrons. The molecule has 100 valence electrons. The highest BCUT2D eigenvalue weighted by Crippen LogP contribution is 2.18. The van der Waals surface area contributed by atoms with E-state index in [1.54, 1.807) is 14.0 Å². The first-order valence-corrected chi connectivity index (χ1v) is 6.17. The molecule has 1 aliphatic heterocycles. The Morgan fingerprint density at radius 1 is 1.67 bits per heavy atom. The lowest BCUT2D eigenvalue weighted by molar-refractivity contribution is 0.0376. The molecule has 0 aliphatic carbocycles. The molecular weight excluding hydrogens is 234 g/mol. The molecule has 1 aliphatic rings. The summed E-state index contributed by atoms with van der Waals surface area (Å²) in [6, 6.07) is 0. The van der Waals surface area contributed by atoms with Crippen molar-refractivity contribution in [2.24, 2.45) is 7.05 Å². The van der Waals surface area contributed by atoms with Crippen molar-refractivity contribution in [3.8, 4) is 0 Å². The van der Waals surface area contributed by atoms with Gasteiger partial charge >= 0.3 is 5.97 Å². The predicted octanol–water partition coefficient (Wildman–Crippen LogP) is 1.04. The van der Waals surface area contributed by atoms with Crippen molar-refractivity contribution in [1.29, 1.82) is 0 Å². The normalized spacial score (nSPS) is 19.1. The maximum Gasteiger partial charge on any atom is 0.358 e. The van der Waals surface area contributed by atoms with Crippen LogP contribution in [-0.2, 0) is 16.5 Å². The molecule has 2 heterocycles. The third kappa shape index (κ3) is 2.64. The standard InChI is InChI=1S/C12H19N3O3/c1-8-10(13)11(15(2)14-8)12(16)18-7-5-9-4-3-6-17-9/h9H,3-7,13H2,1-2H3. The Labute approximate surface area is 106 Å². The van der Waals surface area contributed by atoms with E-state index < -0.39 is 5.97 Å². The zero-order valence-corrected chi connectivity index (χ0v) is 10.8. The van der Waals surface area contributed by atoms with Gasteiger partial charge in [0.2, 0.25) is 0 Å². The summed E-state index contributed by atoms with van der Waals surface area (Å²) < 4.78 is 12.1. The molecule has 18 heavy (non-hydrogen) atoms. The Hall–Kier alpha value is -1.56. The van der Waals surface area contributed by atoms with Gasteiger partial charge in [-0.3, -0.25) is 4.68 Å². The Morgan fingerprint density at radius 3 is 3.00 bits per heavy atom. The summed E-state index contributed by atoms with van der Waals surface area (Å²) in [7, 11) is 1.68. The number of nitrogens with two attached hydrogens (primary N) is 1. The van der Waals surface area contributed by atoms with Crippen molar-refractivity contribution in [3.05, 3.63) is 11.4 Å². The molecule has 0 bridgehead atoms. The summed E-state index contributed by atoms with van der Waals surface area (Å²) in [5.74, 6) is -0.423. The number of anilines is 1. The van der Waals surface area contributed by atoms with Gasteiger partial charge in [0.15, 0.2) is 5.69 Å². The number of aromatic nitrogens is 2. The van der Waals surface area contributed by atoms with Gasteiger partial charge in [-0.1, -0.05) is 0 Å². The number of carbonyl (C=O) groups excluding carboxylic acids is 1. The maximum atomic E-state index is 11.9. The van der Waals surface area contributed by atoms with Crippen LogP contribution in [0.25, 0.3) is 0 Å². The molecule has 1 aromatic heterocycles. The lowest BCUT2D eigenvalue weighted by atomic mass is 10.2. The van der Waals surface area contributed by atoms with Gasteiger partial charge in [0.25, 0.3) is 0 Å². The highest BCUT2D eigenvalue weighted by Gasteiger charge is 2.20. The number of hydrogen-bond donors (Lipinski definition) is 1. The third-order valence-electron chi connectivity index (χ3n) is 3.16. The minimum atomic E-state index is -0.423. The average molecular weight is 253 g/mol. The van der Waals surface area contributed by atoms with Crippen molar-refractivity contribution < 1.29 is 14.3 Å². The second kappa shape index (κ2) is 5.39. The molecule has 0 amide bonds. The van der Waals surface area contributed by atoms with Crippen LogP contribution in [-0.4, -0.2) is 35.1 Å². The first-order chi connectivity index (χ1) is 8.59. The van der Waals surface area contributed by atoms with Gasteiger partial charge < -0.3 is 15.2 Å². The molecule has 2 N–H and O–H groups in total. The van der Waals surface area contributed by atoms with Crippen LogP contribution in [0.1, 0.15) is 35.4 Å². The number of ether oxygens (including phenoxy) is 2. The number of aryl methyl sites for hydroxylation is 2.